The summed E-state index contributed by atoms with van der Waals surface area (Å²) in [5.74, 6) is 0. The monoisotopic (exact) mass is 252 g/mol. The molecule has 0 saturated carbocycles. The Bertz CT molecular complexity index is 331. The number of hydrogen-bond acceptors (Lipinski definition) is 1. The quantitative estimate of drug-likeness (QED) is 0.377. The molecule has 0 bridgehead atoms. The van der Waals surface area contributed by atoms with E-state index in [0.717, 1.165) is 31.3 Å². The van der Waals surface area contributed by atoms with Gasteiger partial charge in [0.05, 0.1) is 0 Å². The lowest BCUT2D eigenvalue weighted by Gasteiger charge is -2.00. The van der Waals surface area contributed by atoms with Gasteiger partial charge in [-0.15, -0.1) is 0 Å². The molecule has 0 aromatic rings. The predicted molar refractivity (Wildman–Crippen MR) is 80.6 cm³/mol. The molecule has 1 nitrogen and oxygen atoms in total. The Morgan fingerprint density at radius 1 is 0.941 bits per heavy atom. The van der Waals surface area contributed by atoms with Gasteiger partial charge in [0.2, 0.25) is 0 Å². The third kappa shape index (κ3) is 11.4. The van der Waals surface area contributed by atoms with E-state index in [-0.39, 0.29) is 5.05 Å². The molecule has 0 aliphatic carbocycles. The van der Waals surface area contributed by atoms with Gasteiger partial charge in [-0.3, -0.25) is 0 Å². The van der Waals surface area contributed by atoms with Crippen molar-refractivity contribution in [2.75, 3.05) is 0 Å². The summed E-state index contributed by atoms with van der Waals surface area (Å²) in [6.07, 6.45) is 10.4. The standard InChI is InChI=1S/C15H24OS/c1-12(2)7-5-8-13(3)9-6-10-14(4)11-15(16)17/h7,9,11H,5-6,8,10H2,1-4H3,(H,16,17). The van der Waals surface area contributed by atoms with E-state index in [9.17, 15) is 0 Å². The van der Waals surface area contributed by atoms with Crippen molar-refractivity contribution in [3.8, 4) is 0 Å². The summed E-state index contributed by atoms with van der Waals surface area (Å²) in [7, 11) is 0. The molecule has 17 heavy (non-hydrogen) atoms. The molecular formula is C15H24OS. The average molecular weight is 252 g/mol. The van der Waals surface area contributed by atoms with Crippen LogP contribution in [-0.2, 0) is 0 Å². The summed E-state index contributed by atoms with van der Waals surface area (Å²) in [5, 5.41) is 8.91. The zero-order valence-electron chi connectivity index (χ0n) is 11.4. The summed E-state index contributed by atoms with van der Waals surface area (Å²) >= 11 is 4.61. The van der Waals surface area contributed by atoms with Crippen LogP contribution in [0.1, 0.15) is 53.4 Å². The molecule has 0 aliphatic rings. The molecule has 1 N–H and O–H groups in total. The maximum atomic E-state index is 8.93. The lowest BCUT2D eigenvalue weighted by atomic mass is 10.1. The van der Waals surface area contributed by atoms with Crippen molar-refractivity contribution in [2.45, 2.75) is 53.4 Å². The van der Waals surface area contributed by atoms with Crippen molar-refractivity contribution < 1.29 is 5.11 Å². The van der Waals surface area contributed by atoms with Crippen LogP contribution in [0.4, 0.5) is 0 Å². The second kappa shape index (κ2) is 9.17. The molecule has 0 radical (unpaired) electrons. The zero-order valence-corrected chi connectivity index (χ0v) is 12.2. The first-order valence-corrected chi connectivity index (χ1v) is 6.51. The SMILES string of the molecule is CC(C)=CCCC(C)=CCCC(C)=CC(O)=S. The Balaban J connectivity index is 3.92. The molecule has 96 valence electrons. The zero-order chi connectivity index (χ0) is 13.3. The molecule has 0 unspecified atom stereocenters. The maximum Gasteiger partial charge on any atom is 0.181 e. The van der Waals surface area contributed by atoms with Gasteiger partial charge in [0.1, 0.15) is 0 Å². The molecule has 0 spiro atoms. The molecule has 0 rings (SSSR count). The smallest absolute Gasteiger partial charge is 0.181 e. The Morgan fingerprint density at radius 3 is 2.00 bits per heavy atom. The first-order chi connectivity index (χ1) is 7.91. The van der Waals surface area contributed by atoms with Gasteiger partial charge < -0.3 is 5.11 Å². The molecule has 0 amide bonds. The van der Waals surface area contributed by atoms with Crippen LogP contribution in [0.2, 0.25) is 0 Å². The van der Waals surface area contributed by atoms with E-state index in [1.807, 2.05) is 6.92 Å². The highest BCUT2D eigenvalue weighted by molar-refractivity contribution is 7.80. The van der Waals surface area contributed by atoms with Crippen molar-refractivity contribution in [3.05, 3.63) is 34.9 Å². The van der Waals surface area contributed by atoms with Crippen LogP contribution in [0.5, 0.6) is 0 Å². The summed E-state index contributed by atoms with van der Waals surface area (Å²) in [6.45, 7) is 8.43. The summed E-state index contributed by atoms with van der Waals surface area (Å²) in [4.78, 5) is 0. The largest absolute Gasteiger partial charge is 0.499 e. The molecule has 2 heteroatoms. The lowest BCUT2D eigenvalue weighted by molar-refractivity contribution is 0.573. The van der Waals surface area contributed by atoms with E-state index in [1.165, 1.54) is 11.1 Å². The minimum absolute atomic E-state index is 0.0215. The van der Waals surface area contributed by atoms with Gasteiger partial charge in [0, 0.05) is 0 Å². The van der Waals surface area contributed by atoms with Crippen molar-refractivity contribution in [3.63, 3.8) is 0 Å². The van der Waals surface area contributed by atoms with E-state index in [2.05, 4.69) is 45.1 Å². The highest BCUT2D eigenvalue weighted by atomic mass is 32.1. The fourth-order valence-corrected chi connectivity index (χ4v) is 1.72. The van der Waals surface area contributed by atoms with Gasteiger partial charge in [0.25, 0.3) is 0 Å². The van der Waals surface area contributed by atoms with Gasteiger partial charge in [-0.2, -0.15) is 0 Å². The highest BCUT2D eigenvalue weighted by Crippen LogP contribution is 2.11. The molecule has 0 saturated heterocycles. The molecule has 0 atom stereocenters. The molecule has 0 aromatic heterocycles. The number of aliphatic hydroxyl groups is 1. The molecule has 0 fully saturated rings. The van der Waals surface area contributed by atoms with Crippen LogP contribution >= 0.6 is 12.2 Å². The molecular weight excluding hydrogens is 228 g/mol. The Labute approximate surface area is 111 Å². The maximum absolute atomic E-state index is 8.93. The Morgan fingerprint density at radius 2 is 1.47 bits per heavy atom. The minimum Gasteiger partial charge on any atom is -0.499 e. The van der Waals surface area contributed by atoms with Crippen molar-refractivity contribution >= 4 is 17.3 Å². The van der Waals surface area contributed by atoms with Crippen LogP contribution in [0.15, 0.2) is 34.9 Å². The second-order valence-corrected chi connectivity index (χ2v) is 5.16. The van der Waals surface area contributed by atoms with Gasteiger partial charge in [-0.1, -0.05) is 28.9 Å². The predicted octanol–water partition coefficient (Wildman–Crippen LogP) is 5.29. The van der Waals surface area contributed by atoms with Gasteiger partial charge in [-0.25, -0.2) is 0 Å². The van der Waals surface area contributed by atoms with E-state index < -0.39 is 0 Å². The number of thiocarbonyl (C=S) groups is 1. The number of hydrogen-bond donors (Lipinski definition) is 1. The van der Waals surface area contributed by atoms with Crippen LogP contribution in [0.25, 0.3) is 0 Å². The minimum atomic E-state index is -0.0215. The van der Waals surface area contributed by atoms with Crippen LogP contribution < -0.4 is 0 Å². The van der Waals surface area contributed by atoms with Crippen LogP contribution in [0.3, 0.4) is 0 Å². The lowest BCUT2D eigenvalue weighted by Crippen LogP contribution is -1.87. The number of aliphatic hydroxyl groups excluding tert-OH is 1. The van der Waals surface area contributed by atoms with Crippen molar-refractivity contribution in [1.82, 2.24) is 0 Å². The Hall–Kier alpha value is -0.890. The summed E-state index contributed by atoms with van der Waals surface area (Å²) in [6, 6.07) is 0. The topological polar surface area (TPSA) is 20.2 Å². The van der Waals surface area contributed by atoms with Crippen molar-refractivity contribution in [1.29, 1.82) is 0 Å². The number of rotatable bonds is 7. The third-order valence-corrected chi connectivity index (χ3v) is 2.61. The fraction of sp³-hybridized carbons (Fsp3) is 0.533. The fourth-order valence-electron chi connectivity index (χ4n) is 1.52. The van der Waals surface area contributed by atoms with E-state index in [4.69, 9.17) is 5.11 Å². The normalized spacial score (nSPS) is 12.5. The molecule has 0 heterocycles. The van der Waals surface area contributed by atoms with E-state index >= 15 is 0 Å². The van der Waals surface area contributed by atoms with Crippen molar-refractivity contribution in [2.24, 2.45) is 0 Å². The summed E-state index contributed by atoms with van der Waals surface area (Å²) < 4.78 is 0. The van der Waals surface area contributed by atoms with Gasteiger partial charge >= 0.3 is 0 Å². The van der Waals surface area contributed by atoms with Gasteiger partial charge in [-0.05, 0) is 71.7 Å². The first kappa shape index (κ1) is 16.1. The van der Waals surface area contributed by atoms with E-state index in [1.54, 1.807) is 6.08 Å². The summed E-state index contributed by atoms with van der Waals surface area (Å²) in [5.41, 5.74) is 3.95. The highest BCUT2D eigenvalue weighted by Gasteiger charge is 1.93. The second-order valence-electron chi connectivity index (χ2n) is 4.74. The molecule has 0 aromatic carbocycles. The average Bonchev–Trinajstić information content (AvgIpc) is 2.15. The van der Waals surface area contributed by atoms with Crippen LogP contribution in [-0.4, -0.2) is 10.2 Å². The Kier molecular flexibility index (Phi) is 8.69. The first-order valence-electron chi connectivity index (χ1n) is 6.11. The molecule has 0 aliphatic heterocycles. The van der Waals surface area contributed by atoms with Crippen LogP contribution in [0, 0.1) is 0 Å². The van der Waals surface area contributed by atoms with E-state index in [0.29, 0.717) is 0 Å². The van der Waals surface area contributed by atoms with Gasteiger partial charge in [0.15, 0.2) is 5.05 Å². The number of allylic oxidation sites excluding steroid dienone is 5. The third-order valence-electron chi connectivity index (χ3n) is 2.49.